The molecule has 230 valence electrons. The number of nitrogens with one attached hydrogen (secondary N) is 3. The molecule has 11 heteroatoms. The molecule has 3 aromatic carbocycles. The predicted octanol–water partition coefficient (Wildman–Crippen LogP) is 4.70. The van der Waals surface area contributed by atoms with Gasteiger partial charge < -0.3 is 34.7 Å². The summed E-state index contributed by atoms with van der Waals surface area (Å²) in [5.74, 6) is 0.954. The molecule has 0 bridgehead atoms. The maximum absolute atomic E-state index is 13.5. The lowest BCUT2D eigenvalue weighted by Crippen LogP contribution is -2.33. The molecule has 0 fully saturated rings. The molecular weight excluding hydrogens is 584 g/mol. The van der Waals surface area contributed by atoms with Gasteiger partial charge in [0.25, 0.3) is 0 Å². The zero-order valence-electron chi connectivity index (χ0n) is 25.1. The van der Waals surface area contributed by atoms with Gasteiger partial charge in [-0.1, -0.05) is 23.7 Å². The molecule has 0 radical (unpaired) electrons. The van der Waals surface area contributed by atoms with Crippen molar-refractivity contribution in [2.75, 3.05) is 39.7 Å². The van der Waals surface area contributed by atoms with E-state index in [0.29, 0.717) is 59.3 Å². The number of fused-ring (bicyclic) bond motifs is 4. The van der Waals surface area contributed by atoms with Crippen molar-refractivity contribution in [3.63, 3.8) is 0 Å². The summed E-state index contributed by atoms with van der Waals surface area (Å²) in [6.07, 6.45) is 3.09. The van der Waals surface area contributed by atoms with Crippen LogP contribution in [0.2, 0.25) is 5.02 Å². The number of carbonyl (C=O) groups is 2. The number of benzene rings is 2. The molecule has 0 aliphatic heterocycles. The Labute approximate surface area is 260 Å². The van der Waals surface area contributed by atoms with Gasteiger partial charge in [-0.3, -0.25) is 14.4 Å². The summed E-state index contributed by atoms with van der Waals surface area (Å²) in [4.78, 5) is 38.3. The molecule has 5 rings (SSSR count). The van der Waals surface area contributed by atoms with E-state index < -0.39 is 6.04 Å². The number of anilines is 1. The number of carbonyl (C=O) groups excluding carboxylic acids is 2. The summed E-state index contributed by atoms with van der Waals surface area (Å²) in [5, 5.41) is 10.5. The topological polar surface area (TPSA) is 120 Å². The third kappa shape index (κ3) is 6.16. The van der Waals surface area contributed by atoms with Gasteiger partial charge in [-0.25, -0.2) is 0 Å². The number of hydrogen-bond donors (Lipinski definition) is 3. The Balaban J connectivity index is 1.40. The lowest BCUT2D eigenvalue weighted by atomic mass is 9.95. The van der Waals surface area contributed by atoms with Gasteiger partial charge in [-0.05, 0) is 65.9 Å². The van der Waals surface area contributed by atoms with Gasteiger partial charge in [0.2, 0.25) is 23.0 Å². The molecule has 4 aromatic rings. The molecule has 1 atom stereocenters. The Bertz CT molecular complexity index is 1790. The van der Waals surface area contributed by atoms with Crippen LogP contribution >= 0.6 is 11.6 Å². The van der Waals surface area contributed by atoms with Crippen molar-refractivity contribution in [1.82, 2.24) is 15.2 Å². The maximum Gasteiger partial charge on any atom is 0.239 e. The molecule has 3 N–H and O–H groups in total. The number of halogens is 1. The average molecular weight is 619 g/mol. The molecule has 1 aliphatic carbocycles. The minimum Gasteiger partial charge on any atom is -0.493 e. The normalized spacial score (nSPS) is 13.7. The summed E-state index contributed by atoms with van der Waals surface area (Å²) in [6, 6.07) is 14.1. The molecular formula is C33H35ClN4O6. The van der Waals surface area contributed by atoms with Crippen LogP contribution in [0.5, 0.6) is 17.2 Å². The molecule has 1 aliphatic rings. The zero-order valence-corrected chi connectivity index (χ0v) is 25.8. The van der Waals surface area contributed by atoms with Crippen molar-refractivity contribution < 1.29 is 23.8 Å². The number of hydrogen-bond acceptors (Lipinski definition) is 7. The van der Waals surface area contributed by atoms with Gasteiger partial charge in [0.1, 0.15) is 0 Å². The zero-order chi connectivity index (χ0) is 31.4. The molecule has 44 heavy (non-hydrogen) atoms. The van der Waals surface area contributed by atoms with E-state index in [1.165, 1.54) is 20.1 Å². The lowest BCUT2D eigenvalue weighted by molar-refractivity contribution is -0.120. The Morgan fingerprint density at radius 1 is 1.02 bits per heavy atom. The number of amides is 2. The van der Waals surface area contributed by atoms with E-state index in [1.54, 1.807) is 20.3 Å². The first-order valence-electron chi connectivity index (χ1n) is 14.3. The third-order valence-corrected chi connectivity index (χ3v) is 8.12. The van der Waals surface area contributed by atoms with Crippen LogP contribution < -0.4 is 35.6 Å². The molecule has 1 aromatic heterocycles. The minimum atomic E-state index is -0.424. The van der Waals surface area contributed by atoms with E-state index in [1.807, 2.05) is 47.2 Å². The first-order chi connectivity index (χ1) is 21.2. The first kappa shape index (κ1) is 30.7. The highest BCUT2D eigenvalue weighted by molar-refractivity contribution is 6.35. The Hall–Kier alpha value is -4.70. The second-order valence-electron chi connectivity index (χ2n) is 10.5. The molecule has 10 nitrogen and oxygen atoms in total. The fourth-order valence-electron chi connectivity index (χ4n) is 5.79. The predicted molar refractivity (Wildman–Crippen MR) is 171 cm³/mol. The average Bonchev–Trinajstić information content (AvgIpc) is 3.28. The van der Waals surface area contributed by atoms with Crippen LogP contribution in [0.4, 0.5) is 5.69 Å². The van der Waals surface area contributed by atoms with E-state index in [-0.39, 0.29) is 29.5 Å². The van der Waals surface area contributed by atoms with Gasteiger partial charge in [-0.15, -0.1) is 0 Å². The van der Waals surface area contributed by atoms with Gasteiger partial charge in [-0.2, -0.15) is 0 Å². The van der Waals surface area contributed by atoms with Crippen molar-refractivity contribution in [3.05, 3.63) is 81.1 Å². The molecule has 0 saturated heterocycles. The standard InChI is InChI=1S/C33H35ClN4O6/c1-19(39)37-25-10-8-20-16-29(42-2)32(43-3)33(44-4)31(20)21-9-11-26(28(40)17-23(21)25)36-18-30(41)35-13-15-38-14-12-22-24(34)6-5-7-27(22)38/h5-7,9,11-12,14,16-17,25H,8,10,13,15,18H2,1-4H3,(H,35,41)(H,36,40)(H,37,39)/t25-/m1/s1. The van der Waals surface area contributed by atoms with E-state index in [0.717, 1.165) is 22.0 Å². The fraction of sp³-hybridized carbons (Fsp3) is 0.303. The molecule has 1 heterocycles. The van der Waals surface area contributed by atoms with Gasteiger partial charge in [0.05, 0.1) is 39.6 Å². The molecule has 0 unspecified atom stereocenters. The van der Waals surface area contributed by atoms with Crippen LogP contribution in [-0.2, 0) is 22.6 Å². The van der Waals surface area contributed by atoms with E-state index in [2.05, 4.69) is 16.0 Å². The maximum atomic E-state index is 13.5. The smallest absolute Gasteiger partial charge is 0.239 e. The summed E-state index contributed by atoms with van der Waals surface area (Å²) >= 11 is 6.27. The number of aromatic nitrogens is 1. The highest BCUT2D eigenvalue weighted by Crippen LogP contribution is 2.50. The molecule has 2 amide bonds. The van der Waals surface area contributed by atoms with E-state index in [9.17, 15) is 14.4 Å². The highest BCUT2D eigenvalue weighted by Gasteiger charge is 2.29. The quantitative estimate of drug-likeness (QED) is 0.236. The van der Waals surface area contributed by atoms with E-state index >= 15 is 0 Å². The second kappa shape index (κ2) is 13.3. The largest absolute Gasteiger partial charge is 0.493 e. The van der Waals surface area contributed by atoms with Crippen molar-refractivity contribution in [3.8, 4) is 28.4 Å². The van der Waals surface area contributed by atoms with Crippen LogP contribution in [-0.4, -0.2) is 50.8 Å². The first-order valence-corrected chi connectivity index (χ1v) is 14.6. The van der Waals surface area contributed by atoms with Crippen molar-refractivity contribution in [2.24, 2.45) is 0 Å². The van der Waals surface area contributed by atoms with E-state index in [4.69, 9.17) is 25.8 Å². The summed E-state index contributed by atoms with van der Waals surface area (Å²) < 4.78 is 19.1. The number of rotatable bonds is 10. The number of nitrogens with zero attached hydrogens (tertiary/aromatic N) is 1. The minimum absolute atomic E-state index is 0.0950. The van der Waals surface area contributed by atoms with Crippen LogP contribution in [0.15, 0.2) is 59.5 Å². The number of aryl methyl sites for hydroxylation is 1. The van der Waals surface area contributed by atoms with Crippen molar-refractivity contribution >= 4 is 40.0 Å². The number of methoxy groups -OCH3 is 3. The van der Waals surface area contributed by atoms with Crippen molar-refractivity contribution in [1.29, 1.82) is 0 Å². The molecule has 0 spiro atoms. The third-order valence-electron chi connectivity index (χ3n) is 7.79. The van der Waals surface area contributed by atoms with Gasteiger partial charge in [0.15, 0.2) is 11.5 Å². The Morgan fingerprint density at radius 2 is 1.82 bits per heavy atom. The van der Waals surface area contributed by atoms with Gasteiger partial charge in [0, 0.05) is 47.7 Å². The van der Waals surface area contributed by atoms with Crippen molar-refractivity contribution in [2.45, 2.75) is 32.4 Å². The second-order valence-corrected chi connectivity index (χ2v) is 10.9. The monoisotopic (exact) mass is 618 g/mol. The van der Waals surface area contributed by atoms with Crippen LogP contribution in [0.3, 0.4) is 0 Å². The number of ether oxygens (including phenoxy) is 3. The fourth-order valence-corrected chi connectivity index (χ4v) is 6.02. The lowest BCUT2D eigenvalue weighted by Gasteiger charge is -2.19. The summed E-state index contributed by atoms with van der Waals surface area (Å²) in [7, 11) is 4.65. The summed E-state index contributed by atoms with van der Waals surface area (Å²) in [5.41, 5.74) is 3.97. The van der Waals surface area contributed by atoms with Crippen LogP contribution in [0, 0.1) is 0 Å². The van der Waals surface area contributed by atoms with Crippen LogP contribution in [0.1, 0.15) is 30.5 Å². The summed E-state index contributed by atoms with van der Waals surface area (Å²) in [6.45, 7) is 2.32. The Kier molecular flexibility index (Phi) is 9.29. The highest BCUT2D eigenvalue weighted by atomic mass is 35.5. The van der Waals surface area contributed by atoms with Crippen LogP contribution in [0.25, 0.3) is 22.0 Å². The SMILES string of the molecule is COc1cc2c(c(OC)c1OC)-c1ccc(NCC(=O)NCCn3ccc4c(Cl)cccc43)c(=O)cc1[C@H](NC(C)=O)CC2. The Morgan fingerprint density at radius 3 is 2.55 bits per heavy atom. The van der Waals surface area contributed by atoms with Gasteiger partial charge >= 0.3 is 0 Å². The molecule has 0 saturated carbocycles.